The lowest BCUT2D eigenvalue weighted by molar-refractivity contribution is -0.138. The Morgan fingerprint density at radius 1 is 1.47 bits per heavy atom. The number of Topliss-reactive ketones (excluding diaryl/α,β-unsaturated/α-hetero) is 1. The van der Waals surface area contributed by atoms with Gasteiger partial charge in [0.25, 0.3) is 0 Å². The predicted octanol–water partition coefficient (Wildman–Crippen LogP) is 1.72. The van der Waals surface area contributed by atoms with Crippen LogP contribution in [-0.4, -0.2) is 42.6 Å². The number of ether oxygens (including phenoxy) is 1. The van der Waals surface area contributed by atoms with E-state index in [9.17, 15) is 18.8 Å². The highest BCUT2D eigenvalue weighted by molar-refractivity contribution is 7.99. The zero-order valence-corrected chi connectivity index (χ0v) is 11.6. The Balaban J connectivity index is 3.61. The molecule has 0 aliphatic rings. The number of ketones is 1. The van der Waals surface area contributed by atoms with Gasteiger partial charge in [-0.25, -0.2) is 9.59 Å². The van der Waals surface area contributed by atoms with E-state index >= 15 is 0 Å². The zero-order chi connectivity index (χ0) is 14.7. The van der Waals surface area contributed by atoms with Crippen LogP contribution in [0.1, 0.15) is 13.3 Å². The van der Waals surface area contributed by atoms with E-state index in [0.29, 0.717) is 11.5 Å². The molecule has 0 heterocycles. The van der Waals surface area contributed by atoms with E-state index in [1.807, 2.05) is 5.32 Å². The lowest BCUT2D eigenvalue weighted by Gasteiger charge is -2.10. The first-order chi connectivity index (χ1) is 8.97. The van der Waals surface area contributed by atoms with Crippen LogP contribution in [0.15, 0.2) is 12.7 Å². The SMILES string of the molecule is C=CC(=O)OCCC(=O)C(C)CSCCNC(=O)F. The third-order valence-corrected chi connectivity index (χ3v) is 3.42. The van der Waals surface area contributed by atoms with Crippen LogP contribution in [-0.2, 0) is 14.3 Å². The summed E-state index contributed by atoms with van der Waals surface area (Å²) in [6.45, 7) is 5.31. The van der Waals surface area contributed by atoms with Crippen molar-refractivity contribution in [2.45, 2.75) is 13.3 Å². The van der Waals surface area contributed by atoms with Crippen molar-refractivity contribution in [2.24, 2.45) is 5.92 Å². The van der Waals surface area contributed by atoms with Crippen LogP contribution in [0.4, 0.5) is 9.18 Å². The van der Waals surface area contributed by atoms with E-state index < -0.39 is 12.1 Å². The van der Waals surface area contributed by atoms with Gasteiger partial charge in [0.15, 0.2) is 0 Å². The van der Waals surface area contributed by atoms with Gasteiger partial charge in [0.2, 0.25) is 0 Å². The monoisotopic (exact) mass is 291 g/mol. The zero-order valence-electron chi connectivity index (χ0n) is 10.8. The lowest BCUT2D eigenvalue weighted by atomic mass is 10.1. The van der Waals surface area contributed by atoms with Gasteiger partial charge in [0.1, 0.15) is 5.78 Å². The van der Waals surface area contributed by atoms with E-state index in [2.05, 4.69) is 6.58 Å². The van der Waals surface area contributed by atoms with Gasteiger partial charge in [-0.2, -0.15) is 11.8 Å². The van der Waals surface area contributed by atoms with Gasteiger partial charge in [-0.05, 0) is 0 Å². The van der Waals surface area contributed by atoms with Crippen molar-refractivity contribution in [3.63, 3.8) is 0 Å². The molecule has 1 N–H and O–H groups in total. The fourth-order valence-corrected chi connectivity index (χ4v) is 2.08. The van der Waals surface area contributed by atoms with Crippen LogP contribution in [0, 0.1) is 5.92 Å². The van der Waals surface area contributed by atoms with E-state index in [-0.39, 0.29) is 31.3 Å². The van der Waals surface area contributed by atoms with Crippen molar-refractivity contribution < 1.29 is 23.5 Å². The third-order valence-electron chi connectivity index (χ3n) is 2.19. The van der Waals surface area contributed by atoms with Crippen molar-refractivity contribution in [3.8, 4) is 0 Å². The molecule has 0 aromatic heterocycles. The number of hydrogen-bond donors (Lipinski definition) is 1. The highest BCUT2D eigenvalue weighted by Gasteiger charge is 2.13. The minimum absolute atomic E-state index is 0.00103. The van der Waals surface area contributed by atoms with Crippen molar-refractivity contribution >= 4 is 29.7 Å². The molecule has 0 saturated heterocycles. The van der Waals surface area contributed by atoms with Crippen LogP contribution in [0.25, 0.3) is 0 Å². The Hall–Kier alpha value is -1.37. The molecule has 0 fully saturated rings. The Bertz CT molecular complexity index is 336. The summed E-state index contributed by atoms with van der Waals surface area (Å²) in [6, 6.07) is 0. The van der Waals surface area contributed by atoms with Gasteiger partial charge in [-0.1, -0.05) is 13.5 Å². The van der Waals surface area contributed by atoms with Gasteiger partial charge in [-0.3, -0.25) is 4.79 Å². The molecule has 0 spiro atoms. The normalized spacial score (nSPS) is 11.5. The summed E-state index contributed by atoms with van der Waals surface area (Å²) < 4.78 is 16.5. The first-order valence-electron chi connectivity index (χ1n) is 5.80. The largest absolute Gasteiger partial charge is 0.462 e. The van der Waals surface area contributed by atoms with Crippen LogP contribution < -0.4 is 5.32 Å². The second kappa shape index (κ2) is 10.5. The number of hydrogen-bond acceptors (Lipinski definition) is 5. The molecular formula is C12H18FNO4S. The number of carbonyl (C=O) groups is 3. The highest BCUT2D eigenvalue weighted by Crippen LogP contribution is 2.10. The first kappa shape index (κ1) is 17.6. The van der Waals surface area contributed by atoms with Gasteiger partial charge >= 0.3 is 12.1 Å². The summed E-state index contributed by atoms with van der Waals surface area (Å²) in [5.74, 6) is 0.402. The number of halogens is 1. The number of thioether (sulfide) groups is 1. The van der Waals surface area contributed by atoms with Crippen LogP contribution >= 0.6 is 11.8 Å². The van der Waals surface area contributed by atoms with Gasteiger partial charge in [0.05, 0.1) is 6.61 Å². The Morgan fingerprint density at radius 2 is 2.16 bits per heavy atom. The second-order valence-corrected chi connectivity index (χ2v) is 4.91. The first-order valence-corrected chi connectivity index (χ1v) is 6.95. The van der Waals surface area contributed by atoms with Crippen LogP contribution in [0.2, 0.25) is 0 Å². The Labute approximate surface area is 116 Å². The molecule has 0 aliphatic carbocycles. The molecule has 108 valence electrons. The summed E-state index contributed by atoms with van der Waals surface area (Å²) >= 11 is 1.45. The fourth-order valence-electron chi connectivity index (χ4n) is 1.13. The van der Waals surface area contributed by atoms with Crippen LogP contribution in [0.5, 0.6) is 0 Å². The lowest BCUT2D eigenvalue weighted by Crippen LogP contribution is -2.21. The molecule has 1 atom stereocenters. The Kier molecular flexibility index (Phi) is 9.78. The summed E-state index contributed by atoms with van der Waals surface area (Å²) in [6.07, 6.45) is -0.334. The van der Waals surface area contributed by atoms with Gasteiger partial charge < -0.3 is 10.1 Å². The number of rotatable bonds is 10. The molecule has 0 saturated carbocycles. The third kappa shape index (κ3) is 10.3. The quantitative estimate of drug-likeness (QED) is 0.218. The minimum atomic E-state index is -1.55. The molecule has 0 rings (SSSR count). The summed E-state index contributed by atoms with van der Waals surface area (Å²) in [5, 5.41) is 2.02. The molecule has 0 aromatic carbocycles. The molecule has 0 radical (unpaired) electrons. The average molecular weight is 291 g/mol. The fraction of sp³-hybridized carbons (Fsp3) is 0.583. The standard InChI is InChI=1S/C12H18FNO4S/c1-3-11(16)18-6-4-10(15)9(2)8-19-7-5-14-12(13)17/h3,9H,1,4-8H2,2H3,(H,14,17). The van der Waals surface area contributed by atoms with Crippen molar-refractivity contribution in [1.29, 1.82) is 0 Å². The van der Waals surface area contributed by atoms with E-state index in [1.165, 1.54) is 11.8 Å². The van der Waals surface area contributed by atoms with Gasteiger partial charge in [0, 0.05) is 36.5 Å². The smallest absolute Gasteiger partial charge is 0.397 e. The topological polar surface area (TPSA) is 72.5 Å². The maximum absolute atomic E-state index is 11.8. The van der Waals surface area contributed by atoms with E-state index in [0.717, 1.165) is 6.08 Å². The molecule has 1 amide bonds. The summed E-state index contributed by atoms with van der Waals surface area (Å²) in [4.78, 5) is 32.3. The van der Waals surface area contributed by atoms with Crippen molar-refractivity contribution in [3.05, 3.63) is 12.7 Å². The predicted molar refractivity (Wildman–Crippen MR) is 71.8 cm³/mol. The number of esters is 1. The Morgan fingerprint density at radius 3 is 2.74 bits per heavy atom. The van der Waals surface area contributed by atoms with Crippen molar-refractivity contribution in [1.82, 2.24) is 5.32 Å². The molecule has 0 aliphatic heterocycles. The summed E-state index contributed by atoms with van der Waals surface area (Å²) in [7, 11) is 0. The molecule has 1 unspecified atom stereocenters. The van der Waals surface area contributed by atoms with E-state index in [1.54, 1.807) is 6.92 Å². The van der Waals surface area contributed by atoms with Gasteiger partial charge in [-0.15, -0.1) is 4.39 Å². The number of carbonyl (C=O) groups excluding carboxylic acids is 3. The minimum Gasteiger partial charge on any atom is -0.462 e. The molecular weight excluding hydrogens is 273 g/mol. The number of nitrogens with one attached hydrogen (secondary N) is 1. The molecule has 0 aromatic rings. The highest BCUT2D eigenvalue weighted by atomic mass is 32.2. The average Bonchev–Trinajstić information content (AvgIpc) is 2.37. The molecule has 5 nitrogen and oxygen atoms in total. The molecule has 19 heavy (non-hydrogen) atoms. The maximum Gasteiger partial charge on any atom is 0.397 e. The second-order valence-electron chi connectivity index (χ2n) is 3.76. The van der Waals surface area contributed by atoms with Crippen molar-refractivity contribution in [2.75, 3.05) is 24.7 Å². The summed E-state index contributed by atoms with van der Waals surface area (Å²) in [5.41, 5.74) is 0. The maximum atomic E-state index is 11.8. The van der Waals surface area contributed by atoms with Crippen LogP contribution in [0.3, 0.4) is 0 Å². The molecule has 7 heteroatoms. The number of amides is 1. The van der Waals surface area contributed by atoms with E-state index in [4.69, 9.17) is 4.74 Å². The molecule has 0 bridgehead atoms.